The standard InChI is InChI=1S/C16H22N4O/c1-5-14(19(3)4)16-18-13-11-12(21-6-2)7-8-15(13)20(16)10-9-17/h7-8,11,14H,5-6,10H2,1-4H3. The van der Waals surface area contributed by atoms with Gasteiger partial charge < -0.3 is 9.30 Å². The van der Waals surface area contributed by atoms with Crippen molar-refractivity contribution in [1.29, 1.82) is 5.26 Å². The van der Waals surface area contributed by atoms with E-state index < -0.39 is 0 Å². The Labute approximate surface area is 125 Å². The molecular weight excluding hydrogens is 264 g/mol. The van der Waals surface area contributed by atoms with Crippen molar-refractivity contribution in [3.8, 4) is 11.8 Å². The highest BCUT2D eigenvalue weighted by Gasteiger charge is 2.20. The van der Waals surface area contributed by atoms with Crippen molar-refractivity contribution in [3.05, 3.63) is 24.0 Å². The number of benzene rings is 1. The fourth-order valence-corrected chi connectivity index (χ4v) is 2.65. The third kappa shape index (κ3) is 3.01. The molecule has 1 aromatic carbocycles. The molecule has 0 saturated carbocycles. The Bertz CT molecular complexity index is 654. The summed E-state index contributed by atoms with van der Waals surface area (Å²) in [6, 6.07) is 8.29. The van der Waals surface area contributed by atoms with E-state index in [1.54, 1.807) is 0 Å². The topological polar surface area (TPSA) is 54.1 Å². The van der Waals surface area contributed by atoms with Gasteiger partial charge >= 0.3 is 0 Å². The number of fused-ring (bicyclic) bond motifs is 1. The summed E-state index contributed by atoms with van der Waals surface area (Å²) in [6.45, 7) is 5.03. The van der Waals surface area contributed by atoms with Crippen LogP contribution in [0.2, 0.25) is 0 Å². The van der Waals surface area contributed by atoms with E-state index in [0.717, 1.165) is 29.0 Å². The number of ether oxygens (including phenoxy) is 1. The van der Waals surface area contributed by atoms with Crippen LogP contribution < -0.4 is 4.74 Å². The van der Waals surface area contributed by atoms with E-state index in [2.05, 4.69) is 17.9 Å². The molecule has 0 radical (unpaired) electrons. The van der Waals surface area contributed by atoms with Gasteiger partial charge in [0, 0.05) is 6.07 Å². The molecule has 0 amide bonds. The lowest BCUT2D eigenvalue weighted by atomic mass is 10.2. The predicted octanol–water partition coefficient (Wildman–Crippen LogP) is 2.97. The highest BCUT2D eigenvalue weighted by Crippen LogP contribution is 2.28. The fourth-order valence-electron chi connectivity index (χ4n) is 2.65. The number of nitrogens with zero attached hydrogens (tertiary/aromatic N) is 4. The Morgan fingerprint density at radius 2 is 2.14 bits per heavy atom. The Kier molecular flexibility index (Phi) is 4.81. The average molecular weight is 286 g/mol. The summed E-state index contributed by atoms with van der Waals surface area (Å²) in [7, 11) is 4.08. The second-order valence-corrected chi connectivity index (χ2v) is 5.19. The summed E-state index contributed by atoms with van der Waals surface area (Å²) < 4.78 is 7.53. The first-order valence-electron chi connectivity index (χ1n) is 7.28. The quantitative estimate of drug-likeness (QED) is 0.819. The van der Waals surface area contributed by atoms with Crippen molar-refractivity contribution in [3.63, 3.8) is 0 Å². The summed E-state index contributed by atoms with van der Waals surface area (Å²) >= 11 is 0. The van der Waals surface area contributed by atoms with E-state index in [9.17, 15) is 0 Å². The lowest BCUT2D eigenvalue weighted by molar-refractivity contribution is 0.275. The van der Waals surface area contributed by atoms with Crippen molar-refractivity contribution >= 4 is 11.0 Å². The monoisotopic (exact) mass is 286 g/mol. The zero-order valence-corrected chi connectivity index (χ0v) is 13.1. The summed E-state index contributed by atoms with van der Waals surface area (Å²) in [5.41, 5.74) is 1.86. The minimum absolute atomic E-state index is 0.196. The summed E-state index contributed by atoms with van der Waals surface area (Å²) in [6.07, 6.45) is 0.945. The van der Waals surface area contributed by atoms with Gasteiger partial charge in [-0.1, -0.05) is 6.92 Å². The zero-order chi connectivity index (χ0) is 15.4. The van der Waals surface area contributed by atoms with Crippen molar-refractivity contribution in [1.82, 2.24) is 14.5 Å². The van der Waals surface area contributed by atoms with Gasteiger partial charge in [-0.2, -0.15) is 5.26 Å². The molecule has 5 nitrogen and oxygen atoms in total. The number of rotatable bonds is 6. The molecule has 1 aromatic heterocycles. The van der Waals surface area contributed by atoms with Crippen LogP contribution in [-0.4, -0.2) is 35.2 Å². The predicted molar refractivity (Wildman–Crippen MR) is 83.2 cm³/mol. The maximum absolute atomic E-state index is 9.12. The van der Waals surface area contributed by atoms with Crippen LogP contribution in [0.3, 0.4) is 0 Å². The van der Waals surface area contributed by atoms with Gasteiger partial charge in [0.15, 0.2) is 0 Å². The van der Waals surface area contributed by atoms with Gasteiger partial charge in [-0.3, -0.25) is 4.90 Å². The molecule has 0 aliphatic rings. The molecule has 0 N–H and O–H groups in total. The molecule has 0 saturated heterocycles. The van der Waals surface area contributed by atoms with Gasteiger partial charge in [0.1, 0.15) is 18.1 Å². The summed E-state index contributed by atoms with van der Waals surface area (Å²) in [5.74, 6) is 1.75. The minimum Gasteiger partial charge on any atom is -0.494 e. The molecule has 2 aromatic rings. The van der Waals surface area contributed by atoms with Crippen molar-refractivity contribution in [2.24, 2.45) is 0 Å². The molecule has 21 heavy (non-hydrogen) atoms. The van der Waals surface area contributed by atoms with E-state index in [4.69, 9.17) is 15.0 Å². The molecular formula is C16H22N4O. The van der Waals surface area contributed by atoms with Crippen LogP contribution in [-0.2, 0) is 6.54 Å². The first-order valence-corrected chi connectivity index (χ1v) is 7.28. The number of aromatic nitrogens is 2. The third-order valence-corrected chi connectivity index (χ3v) is 3.60. The molecule has 0 aliphatic carbocycles. The molecule has 0 bridgehead atoms. The molecule has 1 heterocycles. The Balaban J connectivity index is 2.58. The number of imidazole rings is 1. The third-order valence-electron chi connectivity index (χ3n) is 3.60. The van der Waals surface area contributed by atoms with Gasteiger partial charge in [0.25, 0.3) is 0 Å². The van der Waals surface area contributed by atoms with Gasteiger partial charge in [-0.25, -0.2) is 4.98 Å². The van der Waals surface area contributed by atoms with Crippen LogP contribution in [0, 0.1) is 11.3 Å². The second-order valence-electron chi connectivity index (χ2n) is 5.19. The molecule has 112 valence electrons. The maximum atomic E-state index is 9.12. The smallest absolute Gasteiger partial charge is 0.128 e. The van der Waals surface area contributed by atoms with E-state index in [1.165, 1.54) is 0 Å². The van der Waals surface area contributed by atoms with Crippen LogP contribution in [0.25, 0.3) is 11.0 Å². The van der Waals surface area contributed by atoms with Gasteiger partial charge in [-0.05, 0) is 39.6 Å². The highest BCUT2D eigenvalue weighted by atomic mass is 16.5. The number of hydrogen-bond donors (Lipinski definition) is 0. The zero-order valence-electron chi connectivity index (χ0n) is 13.1. The van der Waals surface area contributed by atoms with Crippen LogP contribution >= 0.6 is 0 Å². The van der Waals surface area contributed by atoms with Crippen molar-refractivity contribution in [2.45, 2.75) is 32.9 Å². The SMILES string of the molecule is CCOc1ccc2c(c1)nc(C(CC)N(C)C)n2CC#N. The van der Waals surface area contributed by atoms with Crippen molar-refractivity contribution < 1.29 is 4.74 Å². The van der Waals surface area contributed by atoms with E-state index in [-0.39, 0.29) is 6.04 Å². The molecule has 5 heteroatoms. The largest absolute Gasteiger partial charge is 0.494 e. The molecule has 0 fully saturated rings. The molecule has 1 atom stereocenters. The van der Waals surface area contributed by atoms with Gasteiger partial charge in [0.05, 0.1) is 29.8 Å². The lowest BCUT2D eigenvalue weighted by Crippen LogP contribution is -2.23. The molecule has 1 unspecified atom stereocenters. The van der Waals surface area contributed by atoms with Gasteiger partial charge in [-0.15, -0.1) is 0 Å². The van der Waals surface area contributed by atoms with E-state index in [0.29, 0.717) is 13.2 Å². The highest BCUT2D eigenvalue weighted by molar-refractivity contribution is 5.78. The minimum atomic E-state index is 0.196. The number of nitriles is 1. The Morgan fingerprint density at radius 1 is 1.38 bits per heavy atom. The summed E-state index contributed by atoms with van der Waals surface area (Å²) in [5, 5.41) is 9.12. The Morgan fingerprint density at radius 3 is 2.71 bits per heavy atom. The first-order chi connectivity index (χ1) is 10.1. The van der Waals surface area contributed by atoms with Crippen LogP contribution in [0.5, 0.6) is 5.75 Å². The van der Waals surface area contributed by atoms with Gasteiger partial charge in [0.2, 0.25) is 0 Å². The van der Waals surface area contributed by atoms with E-state index >= 15 is 0 Å². The maximum Gasteiger partial charge on any atom is 0.128 e. The molecule has 2 rings (SSSR count). The molecule has 0 aliphatic heterocycles. The Hall–Kier alpha value is -2.06. The molecule has 0 spiro atoms. The fraction of sp³-hybridized carbons (Fsp3) is 0.500. The number of hydrogen-bond acceptors (Lipinski definition) is 4. The van der Waals surface area contributed by atoms with Crippen molar-refractivity contribution in [2.75, 3.05) is 20.7 Å². The lowest BCUT2D eigenvalue weighted by Gasteiger charge is -2.22. The van der Waals surface area contributed by atoms with Crippen LogP contribution in [0.15, 0.2) is 18.2 Å². The first kappa shape index (κ1) is 15.3. The van der Waals surface area contributed by atoms with Crippen LogP contribution in [0.4, 0.5) is 0 Å². The normalized spacial score (nSPS) is 12.6. The van der Waals surface area contributed by atoms with E-state index in [1.807, 2.05) is 43.8 Å². The van der Waals surface area contributed by atoms with Crippen LogP contribution in [0.1, 0.15) is 32.1 Å². The average Bonchev–Trinajstić information content (AvgIpc) is 2.78. The summed E-state index contributed by atoms with van der Waals surface area (Å²) in [4.78, 5) is 6.89. The second kappa shape index (κ2) is 6.59.